The lowest BCUT2D eigenvalue weighted by Gasteiger charge is -2.05. The van der Waals surface area contributed by atoms with Gasteiger partial charge in [-0.05, 0) is 25.8 Å². The molecule has 0 aromatic carbocycles. The van der Waals surface area contributed by atoms with Gasteiger partial charge in [0.15, 0.2) is 0 Å². The maximum Gasteiger partial charge on any atom is 0.305 e. The molecular formula is C18H37NO3. The summed E-state index contributed by atoms with van der Waals surface area (Å²) in [5.74, 6) is -0.0498. The first-order chi connectivity index (χ1) is 10.8. The number of carbonyl (C=O) groups is 1. The summed E-state index contributed by atoms with van der Waals surface area (Å²) in [5, 5.41) is 11.7. The Bertz CT molecular complexity index is 234. The molecule has 0 aromatic heterocycles. The van der Waals surface area contributed by atoms with Gasteiger partial charge in [-0.25, -0.2) is 0 Å². The van der Waals surface area contributed by atoms with Crippen LogP contribution in [0.15, 0.2) is 0 Å². The van der Waals surface area contributed by atoms with Gasteiger partial charge in [0.1, 0.15) is 0 Å². The monoisotopic (exact) mass is 315 g/mol. The predicted octanol–water partition coefficient (Wildman–Crippen LogP) is 3.81. The molecule has 0 heterocycles. The van der Waals surface area contributed by atoms with Gasteiger partial charge in [0, 0.05) is 13.0 Å². The van der Waals surface area contributed by atoms with Crippen molar-refractivity contribution >= 4 is 5.97 Å². The second-order valence-electron chi connectivity index (χ2n) is 5.98. The number of aliphatic hydroxyl groups excluding tert-OH is 1. The topological polar surface area (TPSA) is 58.6 Å². The van der Waals surface area contributed by atoms with E-state index < -0.39 is 0 Å². The maximum absolute atomic E-state index is 11.5. The average Bonchev–Trinajstić information content (AvgIpc) is 2.52. The Morgan fingerprint density at radius 1 is 0.864 bits per heavy atom. The summed E-state index contributed by atoms with van der Waals surface area (Å²) in [4.78, 5) is 11.5. The first kappa shape index (κ1) is 21.4. The summed E-state index contributed by atoms with van der Waals surface area (Å²) in [5.41, 5.74) is 0. The summed E-state index contributed by atoms with van der Waals surface area (Å²) in [6, 6.07) is 0. The zero-order valence-electron chi connectivity index (χ0n) is 14.6. The van der Waals surface area contributed by atoms with E-state index in [1.54, 1.807) is 0 Å². The molecular weight excluding hydrogens is 278 g/mol. The molecule has 2 N–H and O–H groups in total. The van der Waals surface area contributed by atoms with Crippen LogP contribution >= 0.6 is 0 Å². The van der Waals surface area contributed by atoms with E-state index >= 15 is 0 Å². The lowest BCUT2D eigenvalue weighted by atomic mass is 10.1. The molecule has 0 aliphatic carbocycles. The van der Waals surface area contributed by atoms with E-state index in [2.05, 4.69) is 12.2 Å². The second-order valence-corrected chi connectivity index (χ2v) is 5.98. The average molecular weight is 315 g/mol. The Balaban J connectivity index is 3.13. The van der Waals surface area contributed by atoms with E-state index in [-0.39, 0.29) is 12.6 Å². The molecule has 0 spiro atoms. The van der Waals surface area contributed by atoms with Crippen LogP contribution < -0.4 is 5.32 Å². The standard InChI is InChI=1S/C18H37NO3/c1-2-3-4-5-6-7-8-12-17-22-18(21)13-10-9-11-14-19-15-16-20/h19-20H,2-17H2,1H3. The number of hydrogen-bond acceptors (Lipinski definition) is 4. The van der Waals surface area contributed by atoms with Crippen molar-refractivity contribution in [2.75, 3.05) is 26.3 Å². The van der Waals surface area contributed by atoms with Crippen molar-refractivity contribution in [2.45, 2.75) is 84.0 Å². The van der Waals surface area contributed by atoms with Crippen LogP contribution in [0.5, 0.6) is 0 Å². The van der Waals surface area contributed by atoms with Crippen LogP contribution in [0.3, 0.4) is 0 Å². The van der Waals surface area contributed by atoms with Gasteiger partial charge in [-0.2, -0.15) is 0 Å². The minimum absolute atomic E-state index is 0.0498. The number of aliphatic hydroxyl groups is 1. The van der Waals surface area contributed by atoms with Gasteiger partial charge < -0.3 is 15.2 Å². The van der Waals surface area contributed by atoms with Crippen molar-refractivity contribution in [1.29, 1.82) is 0 Å². The fraction of sp³-hybridized carbons (Fsp3) is 0.944. The van der Waals surface area contributed by atoms with Gasteiger partial charge in [0.25, 0.3) is 0 Å². The molecule has 0 fully saturated rings. The summed E-state index contributed by atoms with van der Waals surface area (Å²) in [6.45, 7) is 4.58. The zero-order valence-corrected chi connectivity index (χ0v) is 14.6. The fourth-order valence-corrected chi connectivity index (χ4v) is 2.39. The van der Waals surface area contributed by atoms with E-state index in [1.807, 2.05) is 0 Å². The molecule has 4 nitrogen and oxygen atoms in total. The molecule has 22 heavy (non-hydrogen) atoms. The lowest BCUT2D eigenvalue weighted by molar-refractivity contribution is -0.143. The number of esters is 1. The molecule has 0 radical (unpaired) electrons. The fourth-order valence-electron chi connectivity index (χ4n) is 2.39. The second kappa shape index (κ2) is 18.4. The van der Waals surface area contributed by atoms with Gasteiger partial charge in [-0.3, -0.25) is 4.79 Å². The third-order valence-corrected chi connectivity index (χ3v) is 3.78. The van der Waals surface area contributed by atoms with Gasteiger partial charge >= 0.3 is 5.97 Å². The van der Waals surface area contributed by atoms with Crippen molar-refractivity contribution in [2.24, 2.45) is 0 Å². The molecule has 132 valence electrons. The number of rotatable bonds is 17. The van der Waals surface area contributed by atoms with Gasteiger partial charge in [0.05, 0.1) is 13.2 Å². The van der Waals surface area contributed by atoms with Crippen molar-refractivity contribution in [3.8, 4) is 0 Å². The van der Waals surface area contributed by atoms with E-state index in [1.165, 1.54) is 44.9 Å². The molecule has 0 aromatic rings. The van der Waals surface area contributed by atoms with E-state index in [0.29, 0.717) is 19.6 Å². The molecule has 0 aliphatic heterocycles. The molecule has 0 amide bonds. The summed E-state index contributed by atoms with van der Waals surface area (Å²) >= 11 is 0. The van der Waals surface area contributed by atoms with Crippen LogP contribution in [-0.2, 0) is 9.53 Å². The van der Waals surface area contributed by atoms with E-state index in [0.717, 1.165) is 32.2 Å². The quantitative estimate of drug-likeness (QED) is 0.316. The molecule has 0 atom stereocenters. The van der Waals surface area contributed by atoms with Crippen LogP contribution in [0, 0.1) is 0 Å². The highest BCUT2D eigenvalue weighted by Gasteiger charge is 2.02. The molecule has 4 heteroatoms. The first-order valence-corrected chi connectivity index (χ1v) is 9.28. The molecule has 0 unspecified atom stereocenters. The Morgan fingerprint density at radius 3 is 2.18 bits per heavy atom. The van der Waals surface area contributed by atoms with Crippen LogP contribution in [0.1, 0.15) is 84.0 Å². The van der Waals surface area contributed by atoms with Crippen molar-refractivity contribution in [3.63, 3.8) is 0 Å². The van der Waals surface area contributed by atoms with Gasteiger partial charge in [-0.1, -0.05) is 58.3 Å². The Hall–Kier alpha value is -0.610. The smallest absolute Gasteiger partial charge is 0.305 e. The molecule has 0 bridgehead atoms. The number of ether oxygens (including phenoxy) is 1. The molecule has 0 aliphatic rings. The Kier molecular flexibility index (Phi) is 17.9. The van der Waals surface area contributed by atoms with Gasteiger partial charge in [-0.15, -0.1) is 0 Å². The van der Waals surface area contributed by atoms with E-state index in [4.69, 9.17) is 9.84 Å². The highest BCUT2D eigenvalue weighted by Crippen LogP contribution is 2.08. The van der Waals surface area contributed by atoms with Crippen LogP contribution in [0.2, 0.25) is 0 Å². The zero-order chi connectivity index (χ0) is 16.3. The molecule has 0 rings (SSSR count). The third kappa shape index (κ3) is 17.4. The third-order valence-electron chi connectivity index (χ3n) is 3.78. The largest absolute Gasteiger partial charge is 0.466 e. The Labute approximate surface area is 137 Å². The van der Waals surface area contributed by atoms with Crippen LogP contribution in [0.25, 0.3) is 0 Å². The molecule has 0 saturated heterocycles. The molecule has 0 saturated carbocycles. The Morgan fingerprint density at radius 2 is 1.50 bits per heavy atom. The summed E-state index contributed by atoms with van der Waals surface area (Å²) in [6.07, 6.45) is 13.7. The number of carbonyl (C=O) groups excluding carboxylic acids is 1. The van der Waals surface area contributed by atoms with Crippen molar-refractivity contribution in [3.05, 3.63) is 0 Å². The van der Waals surface area contributed by atoms with Crippen LogP contribution in [0.4, 0.5) is 0 Å². The van der Waals surface area contributed by atoms with Crippen molar-refractivity contribution in [1.82, 2.24) is 5.32 Å². The minimum atomic E-state index is -0.0498. The highest BCUT2D eigenvalue weighted by atomic mass is 16.5. The highest BCUT2D eigenvalue weighted by molar-refractivity contribution is 5.69. The number of hydrogen-bond donors (Lipinski definition) is 2. The summed E-state index contributed by atoms with van der Waals surface area (Å²) < 4.78 is 5.24. The number of unbranched alkanes of at least 4 members (excludes halogenated alkanes) is 9. The van der Waals surface area contributed by atoms with Gasteiger partial charge in [0.2, 0.25) is 0 Å². The SMILES string of the molecule is CCCCCCCCCCOC(=O)CCCCCNCCO. The van der Waals surface area contributed by atoms with Crippen LogP contribution in [-0.4, -0.2) is 37.4 Å². The predicted molar refractivity (Wildman–Crippen MR) is 92.0 cm³/mol. The number of nitrogens with one attached hydrogen (secondary N) is 1. The summed E-state index contributed by atoms with van der Waals surface area (Å²) in [7, 11) is 0. The first-order valence-electron chi connectivity index (χ1n) is 9.28. The van der Waals surface area contributed by atoms with E-state index in [9.17, 15) is 4.79 Å². The minimum Gasteiger partial charge on any atom is -0.466 e. The maximum atomic E-state index is 11.5. The van der Waals surface area contributed by atoms with Crippen molar-refractivity contribution < 1.29 is 14.6 Å². The lowest BCUT2D eigenvalue weighted by Crippen LogP contribution is -2.19. The normalized spacial score (nSPS) is 10.8.